The Hall–Kier alpha value is -3.32. The van der Waals surface area contributed by atoms with Crippen molar-refractivity contribution < 1.29 is 32.3 Å². The lowest BCUT2D eigenvalue weighted by Gasteiger charge is -2.35. The third kappa shape index (κ3) is 5.68. The third-order valence-electron chi connectivity index (χ3n) is 5.18. The molecule has 4 amide bonds. The van der Waals surface area contributed by atoms with Gasteiger partial charge in [-0.1, -0.05) is 0 Å². The highest BCUT2D eigenvalue weighted by Gasteiger charge is 2.34. The molecule has 1 unspecified atom stereocenters. The van der Waals surface area contributed by atoms with E-state index in [-0.39, 0.29) is 31.0 Å². The molecule has 1 aromatic rings. The number of aromatic nitrogens is 2. The van der Waals surface area contributed by atoms with E-state index < -0.39 is 23.9 Å². The van der Waals surface area contributed by atoms with Gasteiger partial charge in [0.2, 0.25) is 11.9 Å². The maximum atomic E-state index is 12.6. The summed E-state index contributed by atoms with van der Waals surface area (Å²) in [6.45, 7) is 3.86. The number of alkyl halides is 3. The van der Waals surface area contributed by atoms with Crippen molar-refractivity contribution in [2.24, 2.45) is 5.73 Å². The van der Waals surface area contributed by atoms with E-state index >= 15 is 0 Å². The van der Waals surface area contributed by atoms with Gasteiger partial charge in [0.15, 0.2) is 0 Å². The molecule has 0 aromatic carbocycles. The fourth-order valence-electron chi connectivity index (χ4n) is 3.54. The van der Waals surface area contributed by atoms with E-state index in [1.807, 2.05) is 0 Å². The van der Waals surface area contributed by atoms with Crippen LogP contribution in [-0.2, 0) is 15.7 Å². The van der Waals surface area contributed by atoms with E-state index in [2.05, 4.69) is 9.97 Å². The Kier molecular flexibility index (Phi) is 6.89. The molecule has 2 N–H and O–H groups in total. The van der Waals surface area contributed by atoms with Crippen LogP contribution in [0, 0.1) is 0 Å². The number of urea groups is 1. The van der Waals surface area contributed by atoms with Crippen LogP contribution in [-0.4, -0.2) is 101 Å². The number of rotatable bonds is 6. The molecule has 2 aliphatic heterocycles. The number of ether oxygens (including phenoxy) is 1. The standard InChI is InChI=1S/C18H24F3N7O4/c1-12(32-15(22)30)10-27-6-7-28(17(27)31)11-14(29)25-2-4-26(5-3-25)16-23-8-13(9-24-16)18(19,20)21/h8-9,12H,2-7,10-11H2,1H3,(H2,22,30). The summed E-state index contributed by atoms with van der Waals surface area (Å²) in [7, 11) is 0. The lowest BCUT2D eigenvalue weighted by atomic mass is 10.3. The molecule has 2 fully saturated rings. The predicted octanol–water partition coefficient (Wildman–Crippen LogP) is 0.365. The Morgan fingerprint density at radius 3 is 2.25 bits per heavy atom. The topological polar surface area (TPSA) is 125 Å². The van der Waals surface area contributed by atoms with Crippen molar-refractivity contribution >= 4 is 24.0 Å². The summed E-state index contributed by atoms with van der Waals surface area (Å²) in [5.74, 6) is -0.0580. The summed E-state index contributed by atoms with van der Waals surface area (Å²) < 4.78 is 42.7. The summed E-state index contributed by atoms with van der Waals surface area (Å²) in [6.07, 6.45) is -4.51. The molecule has 3 rings (SSSR count). The zero-order valence-corrected chi connectivity index (χ0v) is 17.4. The highest BCUT2D eigenvalue weighted by molar-refractivity contribution is 5.85. The summed E-state index contributed by atoms with van der Waals surface area (Å²) in [5, 5.41) is 0. The van der Waals surface area contributed by atoms with Crippen LogP contribution in [0.2, 0.25) is 0 Å². The Bertz CT molecular complexity index is 844. The largest absolute Gasteiger partial charge is 0.445 e. The van der Waals surface area contributed by atoms with Crippen LogP contribution in [0.1, 0.15) is 12.5 Å². The fourth-order valence-corrected chi connectivity index (χ4v) is 3.54. The maximum absolute atomic E-state index is 12.6. The molecule has 0 saturated carbocycles. The van der Waals surface area contributed by atoms with Gasteiger partial charge in [0.25, 0.3) is 0 Å². The third-order valence-corrected chi connectivity index (χ3v) is 5.18. The number of piperazine rings is 1. The summed E-state index contributed by atoms with van der Waals surface area (Å²) in [5.41, 5.74) is 4.05. The predicted molar refractivity (Wildman–Crippen MR) is 104 cm³/mol. The minimum absolute atomic E-state index is 0.0861. The summed E-state index contributed by atoms with van der Waals surface area (Å²) in [4.78, 5) is 49.7. The molecule has 2 saturated heterocycles. The van der Waals surface area contributed by atoms with Crippen LogP contribution >= 0.6 is 0 Å². The van der Waals surface area contributed by atoms with Crippen molar-refractivity contribution in [2.45, 2.75) is 19.2 Å². The molecular weight excluding hydrogens is 435 g/mol. The number of hydrogen-bond acceptors (Lipinski definition) is 7. The average Bonchev–Trinajstić information content (AvgIpc) is 3.06. The van der Waals surface area contributed by atoms with Crippen molar-refractivity contribution in [3.8, 4) is 0 Å². The second kappa shape index (κ2) is 9.44. The lowest BCUT2D eigenvalue weighted by molar-refractivity contribution is -0.138. The van der Waals surface area contributed by atoms with E-state index in [0.29, 0.717) is 39.3 Å². The Labute approximate surface area is 181 Å². The number of amides is 4. The van der Waals surface area contributed by atoms with Crippen LogP contribution in [0.4, 0.5) is 28.7 Å². The van der Waals surface area contributed by atoms with Gasteiger partial charge in [-0.15, -0.1) is 0 Å². The number of carbonyl (C=O) groups excluding carboxylic acids is 3. The van der Waals surface area contributed by atoms with E-state index in [0.717, 1.165) is 12.4 Å². The van der Waals surface area contributed by atoms with Crippen molar-refractivity contribution in [3.05, 3.63) is 18.0 Å². The number of carbonyl (C=O) groups is 3. The monoisotopic (exact) mass is 459 g/mol. The van der Waals surface area contributed by atoms with E-state index in [9.17, 15) is 27.6 Å². The van der Waals surface area contributed by atoms with Crippen LogP contribution in [0.25, 0.3) is 0 Å². The molecule has 14 heteroatoms. The second-order valence-electron chi connectivity index (χ2n) is 7.53. The zero-order chi connectivity index (χ0) is 23.5. The Morgan fingerprint density at radius 1 is 1.09 bits per heavy atom. The van der Waals surface area contributed by atoms with Crippen LogP contribution in [0.3, 0.4) is 0 Å². The molecule has 0 aliphatic carbocycles. The van der Waals surface area contributed by atoms with Gasteiger partial charge >= 0.3 is 18.3 Å². The molecule has 1 aromatic heterocycles. The van der Waals surface area contributed by atoms with Gasteiger partial charge in [0.05, 0.1) is 12.1 Å². The second-order valence-corrected chi connectivity index (χ2v) is 7.53. The van der Waals surface area contributed by atoms with Crippen molar-refractivity contribution in [2.75, 3.05) is 57.3 Å². The minimum atomic E-state index is -4.50. The van der Waals surface area contributed by atoms with Crippen molar-refractivity contribution in [1.82, 2.24) is 24.7 Å². The number of nitrogens with two attached hydrogens (primary N) is 1. The van der Waals surface area contributed by atoms with Crippen molar-refractivity contribution in [3.63, 3.8) is 0 Å². The van der Waals surface area contributed by atoms with Crippen molar-refractivity contribution in [1.29, 1.82) is 0 Å². The van der Waals surface area contributed by atoms with Crippen LogP contribution in [0.5, 0.6) is 0 Å². The van der Waals surface area contributed by atoms with Gasteiger partial charge < -0.3 is 30.1 Å². The molecule has 0 spiro atoms. The molecule has 32 heavy (non-hydrogen) atoms. The van der Waals surface area contributed by atoms with Gasteiger partial charge in [-0.3, -0.25) is 4.79 Å². The van der Waals surface area contributed by atoms with Gasteiger partial charge in [-0.05, 0) is 6.92 Å². The number of hydrogen-bond donors (Lipinski definition) is 1. The van der Waals surface area contributed by atoms with E-state index in [1.54, 1.807) is 16.7 Å². The van der Waals surface area contributed by atoms with Crippen LogP contribution < -0.4 is 10.6 Å². The van der Waals surface area contributed by atoms with Crippen LogP contribution in [0.15, 0.2) is 12.4 Å². The first-order valence-corrected chi connectivity index (χ1v) is 9.96. The molecule has 2 aliphatic rings. The van der Waals surface area contributed by atoms with E-state index in [1.165, 1.54) is 9.80 Å². The molecule has 11 nitrogen and oxygen atoms in total. The fraction of sp³-hybridized carbons (Fsp3) is 0.611. The molecular formula is C18H24F3N7O4. The Balaban J connectivity index is 1.46. The Morgan fingerprint density at radius 2 is 1.69 bits per heavy atom. The van der Waals surface area contributed by atoms with Gasteiger partial charge in [-0.2, -0.15) is 13.2 Å². The lowest BCUT2D eigenvalue weighted by Crippen LogP contribution is -2.52. The zero-order valence-electron chi connectivity index (χ0n) is 17.4. The van der Waals surface area contributed by atoms with Gasteiger partial charge in [-0.25, -0.2) is 19.6 Å². The number of primary amides is 1. The SMILES string of the molecule is CC(CN1CCN(CC(=O)N2CCN(c3ncc(C(F)(F)F)cn3)CC2)C1=O)OC(N)=O. The average molecular weight is 459 g/mol. The highest BCUT2D eigenvalue weighted by Crippen LogP contribution is 2.28. The molecule has 3 heterocycles. The van der Waals surface area contributed by atoms with E-state index in [4.69, 9.17) is 10.5 Å². The summed E-state index contributed by atoms with van der Waals surface area (Å²) in [6, 6.07) is -0.324. The van der Waals surface area contributed by atoms with Gasteiger partial charge in [0, 0.05) is 51.7 Å². The highest BCUT2D eigenvalue weighted by atomic mass is 19.4. The maximum Gasteiger partial charge on any atom is 0.419 e. The first-order valence-electron chi connectivity index (χ1n) is 9.96. The quantitative estimate of drug-likeness (QED) is 0.651. The normalized spacial score (nSPS) is 18.2. The minimum Gasteiger partial charge on any atom is -0.445 e. The van der Waals surface area contributed by atoms with Gasteiger partial charge in [0.1, 0.15) is 12.6 Å². The molecule has 176 valence electrons. The summed E-state index contributed by atoms with van der Waals surface area (Å²) >= 11 is 0. The molecule has 0 bridgehead atoms. The molecule has 1 atom stereocenters. The number of halogens is 3. The smallest absolute Gasteiger partial charge is 0.419 e. The number of anilines is 1. The molecule has 0 radical (unpaired) electrons. The first kappa shape index (κ1) is 23.3. The first-order chi connectivity index (χ1) is 15.0. The number of nitrogens with zero attached hydrogens (tertiary/aromatic N) is 6.